The van der Waals surface area contributed by atoms with E-state index in [9.17, 15) is 0 Å². The fraction of sp³-hybridized carbons (Fsp3) is 0.412. The van der Waals surface area contributed by atoms with E-state index < -0.39 is 0 Å². The normalized spacial score (nSPS) is 17.7. The van der Waals surface area contributed by atoms with Crippen LogP contribution in [0.15, 0.2) is 54.9 Å². The van der Waals surface area contributed by atoms with Crippen LogP contribution in [-0.4, -0.2) is 22.6 Å². The predicted octanol–water partition coefficient (Wildman–Crippen LogP) is 3.40. The Kier molecular flexibility index (Phi) is 3.99. The van der Waals surface area contributed by atoms with Crippen molar-refractivity contribution >= 4 is 0 Å². The van der Waals surface area contributed by atoms with Gasteiger partial charge in [-0.25, -0.2) is 0 Å². The van der Waals surface area contributed by atoms with Crippen molar-refractivity contribution in [3.63, 3.8) is 0 Å². The Bertz CT molecular complexity index is 467. The second-order valence-corrected chi connectivity index (χ2v) is 5.59. The molecule has 0 saturated carbocycles. The third-order valence-electron chi connectivity index (χ3n) is 4.10. The first kappa shape index (κ1) is 12.5. The summed E-state index contributed by atoms with van der Waals surface area (Å²) in [7, 11) is 0. The molecule has 2 nitrogen and oxygen atoms in total. The van der Waals surface area contributed by atoms with Gasteiger partial charge in [0.1, 0.15) is 0 Å². The first-order valence-electron chi connectivity index (χ1n) is 7.27. The molecule has 1 saturated heterocycles. The average Bonchev–Trinajstić information content (AvgIpc) is 2.95. The molecule has 0 unspecified atom stereocenters. The van der Waals surface area contributed by atoms with Crippen LogP contribution in [0.3, 0.4) is 0 Å². The van der Waals surface area contributed by atoms with Gasteiger partial charge in [0.15, 0.2) is 0 Å². The van der Waals surface area contributed by atoms with Crippen molar-refractivity contribution in [1.29, 1.82) is 0 Å². The average molecular weight is 254 g/mol. The molecule has 2 heteroatoms. The highest BCUT2D eigenvalue weighted by Gasteiger charge is 2.19. The van der Waals surface area contributed by atoms with Crippen LogP contribution < -0.4 is 0 Å². The third kappa shape index (κ3) is 3.48. The molecule has 0 aliphatic carbocycles. The van der Waals surface area contributed by atoms with Crippen molar-refractivity contribution in [2.75, 3.05) is 13.1 Å². The van der Waals surface area contributed by atoms with E-state index in [0.717, 1.165) is 12.6 Å². The molecule has 100 valence electrons. The van der Waals surface area contributed by atoms with E-state index in [4.69, 9.17) is 0 Å². The minimum Gasteiger partial charge on any atom is -0.341 e. The molecule has 2 aromatic rings. The van der Waals surface area contributed by atoms with Crippen LogP contribution in [0, 0.1) is 5.92 Å². The fourth-order valence-corrected chi connectivity index (χ4v) is 2.97. The second-order valence-electron chi connectivity index (χ2n) is 5.59. The monoisotopic (exact) mass is 254 g/mol. The molecule has 0 atom stereocenters. The van der Waals surface area contributed by atoms with Crippen molar-refractivity contribution in [2.45, 2.75) is 25.9 Å². The lowest BCUT2D eigenvalue weighted by Crippen LogP contribution is -2.35. The molecule has 1 aromatic heterocycles. The summed E-state index contributed by atoms with van der Waals surface area (Å²) in [6.07, 6.45) is 8.21. The summed E-state index contributed by atoms with van der Waals surface area (Å²) in [5.41, 5.74) is 1.49. The Labute approximate surface area is 115 Å². The van der Waals surface area contributed by atoms with Crippen molar-refractivity contribution < 1.29 is 0 Å². The van der Waals surface area contributed by atoms with E-state index in [0.29, 0.717) is 0 Å². The number of piperidine rings is 1. The smallest absolute Gasteiger partial charge is 0.0744 e. The fourth-order valence-electron chi connectivity index (χ4n) is 2.97. The summed E-state index contributed by atoms with van der Waals surface area (Å²) >= 11 is 0. The first-order valence-corrected chi connectivity index (χ1v) is 7.27. The van der Waals surface area contributed by atoms with Gasteiger partial charge < -0.3 is 4.57 Å². The lowest BCUT2D eigenvalue weighted by Gasteiger charge is -2.32. The van der Waals surface area contributed by atoms with E-state index in [2.05, 4.69) is 64.3 Å². The second kappa shape index (κ2) is 6.07. The molecular weight excluding hydrogens is 232 g/mol. The number of hydrogen-bond donors (Lipinski definition) is 0. The van der Waals surface area contributed by atoms with Gasteiger partial charge in [0.05, 0.1) is 6.67 Å². The van der Waals surface area contributed by atoms with Gasteiger partial charge in [0.25, 0.3) is 0 Å². The molecule has 0 bridgehead atoms. The molecule has 3 rings (SSSR count). The van der Waals surface area contributed by atoms with E-state index in [-0.39, 0.29) is 0 Å². The van der Waals surface area contributed by atoms with Crippen LogP contribution in [0.1, 0.15) is 18.4 Å². The van der Waals surface area contributed by atoms with Gasteiger partial charge >= 0.3 is 0 Å². The molecule has 2 heterocycles. The highest BCUT2D eigenvalue weighted by Crippen LogP contribution is 2.21. The zero-order chi connectivity index (χ0) is 12.9. The van der Waals surface area contributed by atoms with Gasteiger partial charge in [-0.1, -0.05) is 30.3 Å². The van der Waals surface area contributed by atoms with Crippen molar-refractivity contribution in [3.8, 4) is 0 Å². The summed E-state index contributed by atoms with van der Waals surface area (Å²) in [5.74, 6) is 0.864. The van der Waals surface area contributed by atoms with Gasteiger partial charge in [-0.2, -0.15) is 0 Å². The zero-order valence-electron chi connectivity index (χ0n) is 11.4. The SMILES string of the molecule is c1ccc(CC2CCN(Cn3cccc3)CC2)cc1. The maximum atomic E-state index is 2.56. The number of nitrogens with zero attached hydrogens (tertiary/aromatic N) is 2. The summed E-state index contributed by atoms with van der Waals surface area (Å²) in [6.45, 7) is 3.51. The van der Waals surface area contributed by atoms with E-state index in [1.165, 1.54) is 37.9 Å². The van der Waals surface area contributed by atoms with E-state index in [1.807, 2.05) is 0 Å². The molecule has 1 aliphatic rings. The molecular formula is C17H22N2. The zero-order valence-corrected chi connectivity index (χ0v) is 11.4. The molecule has 1 aliphatic heterocycles. The maximum absolute atomic E-state index is 2.56. The largest absolute Gasteiger partial charge is 0.341 e. The molecule has 0 amide bonds. The molecule has 0 radical (unpaired) electrons. The molecule has 1 aromatic carbocycles. The van der Waals surface area contributed by atoms with Crippen LogP contribution in [0.25, 0.3) is 0 Å². The topological polar surface area (TPSA) is 8.17 Å². The Hall–Kier alpha value is -1.54. The maximum Gasteiger partial charge on any atom is 0.0744 e. The Balaban J connectivity index is 1.47. The minimum atomic E-state index is 0.864. The Morgan fingerprint density at radius 2 is 1.58 bits per heavy atom. The molecule has 0 N–H and O–H groups in total. The minimum absolute atomic E-state index is 0.864. The summed E-state index contributed by atoms with van der Waals surface area (Å²) < 4.78 is 2.26. The predicted molar refractivity (Wildman–Crippen MR) is 78.9 cm³/mol. The van der Waals surface area contributed by atoms with Crippen molar-refractivity contribution in [1.82, 2.24) is 9.47 Å². The van der Waals surface area contributed by atoms with E-state index in [1.54, 1.807) is 0 Å². The van der Waals surface area contributed by atoms with Crippen LogP contribution >= 0.6 is 0 Å². The van der Waals surface area contributed by atoms with Gasteiger partial charge in [0, 0.05) is 25.5 Å². The van der Waals surface area contributed by atoms with Gasteiger partial charge in [-0.05, 0) is 42.9 Å². The number of aromatic nitrogens is 1. The highest BCUT2D eigenvalue weighted by atomic mass is 15.2. The first-order chi connectivity index (χ1) is 9.40. The van der Waals surface area contributed by atoms with Gasteiger partial charge in [0.2, 0.25) is 0 Å². The summed E-state index contributed by atoms with van der Waals surface area (Å²) in [6, 6.07) is 15.1. The van der Waals surface area contributed by atoms with Crippen LogP contribution in [0.2, 0.25) is 0 Å². The third-order valence-corrected chi connectivity index (χ3v) is 4.10. The van der Waals surface area contributed by atoms with Crippen LogP contribution in [0.4, 0.5) is 0 Å². The van der Waals surface area contributed by atoms with Crippen LogP contribution in [-0.2, 0) is 13.1 Å². The quantitative estimate of drug-likeness (QED) is 0.812. The molecule has 19 heavy (non-hydrogen) atoms. The molecule has 0 spiro atoms. The summed E-state index contributed by atoms with van der Waals surface area (Å²) in [5, 5.41) is 0. The number of likely N-dealkylation sites (tertiary alicyclic amines) is 1. The number of benzene rings is 1. The Morgan fingerprint density at radius 1 is 0.895 bits per heavy atom. The standard InChI is InChI=1S/C17H22N2/c1-2-6-16(7-3-1)14-17-8-12-19(13-9-17)15-18-10-4-5-11-18/h1-7,10-11,17H,8-9,12-15H2. The Morgan fingerprint density at radius 3 is 2.26 bits per heavy atom. The van der Waals surface area contributed by atoms with Crippen LogP contribution in [0.5, 0.6) is 0 Å². The van der Waals surface area contributed by atoms with Crippen molar-refractivity contribution in [3.05, 3.63) is 60.4 Å². The summed E-state index contributed by atoms with van der Waals surface area (Å²) in [4.78, 5) is 2.56. The van der Waals surface area contributed by atoms with Gasteiger partial charge in [-0.15, -0.1) is 0 Å². The van der Waals surface area contributed by atoms with Gasteiger partial charge in [-0.3, -0.25) is 4.90 Å². The lowest BCUT2D eigenvalue weighted by molar-refractivity contribution is 0.148. The lowest BCUT2D eigenvalue weighted by atomic mass is 9.90. The molecule has 1 fully saturated rings. The highest BCUT2D eigenvalue weighted by molar-refractivity contribution is 5.15. The van der Waals surface area contributed by atoms with Crippen molar-refractivity contribution in [2.24, 2.45) is 5.92 Å². The number of hydrogen-bond acceptors (Lipinski definition) is 1. The van der Waals surface area contributed by atoms with E-state index >= 15 is 0 Å². The number of rotatable bonds is 4.